The summed E-state index contributed by atoms with van der Waals surface area (Å²) in [5.74, 6) is 0.895. The molecular weight excluding hydrogens is 266 g/mol. The second-order valence-corrected chi connectivity index (χ2v) is 5.70. The molecule has 3 rings (SSSR count). The monoisotopic (exact) mass is 289 g/mol. The summed E-state index contributed by atoms with van der Waals surface area (Å²) in [5, 5.41) is 0. The van der Waals surface area contributed by atoms with Gasteiger partial charge in [0.15, 0.2) is 0 Å². The Morgan fingerprint density at radius 3 is 2.76 bits per heavy atom. The average Bonchev–Trinajstić information content (AvgIpc) is 3.38. The van der Waals surface area contributed by atoms with Crippen molar-refractivity contribution in [2.45, 2.75) is 25.6 Å². The molecule has 0 aliphatic carbocycles. The standard InChI is InChI=1S/C17H23NO3/c1-3-13(2)8-18(9-16-10-20-16)14-5-4-6-15(7-14)19-11-17-12-21-17/h4-7,16-17H,2-3,8-12H2,1H3. The van der Waals surface area contributed by atoms with Crippen molar-refractivity contribution in [3.63, 3.8) is 0 Å². The predicted octanol–water partition coefficient (Wildman–Crippen LogP) is 2.64. The highest BCUT2D eigenvalue weighted by Gasteiger charge is 2.26. The van der Waals surface area contributed by atoms with Crippen molar-refractivity contribution in [2.24, 2.45) is 0 Å². The first kappa shape index (κ1) is 14.4. The molecule has 2 unspecified atom stereocenters. The van der Waals surface area contributed by atoms with Gasteiger partial charge in [-0.3, -0.25) is 0 Å². The summed E-state index contributed by atoms with van der Waals surface area (Å²) < 4.78 is 16.3. The smallest absolute Gasteiger partial charge is 0.121 e. The number of benzene rings is 1. The summed E-state index contributed by atoms with van der Waals surface area (Å²) >= 11 is 0. The van der Waals surface area contributed by atoms with E-state index in [4.69, 9.17) is 14.2 Å². The number of ether oxygens (including phenoxy) is 3. The average molecular weight is 289 g/mol. The van der Waals surface area contributed by atoms with Crippen LogP contribution in [0, 0.1) is 0 Å². The molecule has 114 valence electrons. The number of hydrogen-bond donors (Lipinski definition) is 0. The molecule has 1 aromatic carbocycles. The van der Waals surface area contributed by atoms with E-state index in [0.717, 1.165) is 44.2 Å². The van der Waals surface area contributed by atoms with E-state index >= 15 is 0 Å². The van der Waals surface area contributed by atoms with Gasteiger partial charge in [-0.2, -0.15) is 0 Å². The lowest BCUT2D eigenvalue weighted by Crippen LogP contribution is -2.29. The fraction of sp³-hybridized carbons (Fsp3) is 0.529. The van der Waals surface area contributed by atoms with Gasteiger partial charge < -0.3 is 19.1 Å². The first-order valence-electron chi connectivity index (χ1n) is 7.62. The van der Waals surface area contributed by atoms with Crippen LogP contribution in [-0.4, -0.2) is 45.1 Å². The van der Waals surface area contributed by atoms with Crippen LogP contribution in [0.15, 0.2) is 36.4 Å². The van der Waals surface area contributed by atoms with Crippen molar-refractivity contribution in [2.75, 3.05) is 37.8 Å². The summed E-state index contributed by atoms with van der Waals surface area (Å²) in [6.07, 6.45) is 1.64. The largest absolute Gasteiger partial charge is 0.491 e. The van der Waals surface area contributed by atoms with E-state index in [1.54, 1.807) is 0 Å². The molecule has 0 N–H and O–H groups in total. The Labute approximate surface area is 126 Å². The van der Waals surface area contributed by atoms with Gasteiger partial charge in [-0.15, -0.1) is 0 Å². The van der Waals surface area contributed by atoms with Crippen LogP contribution >= 0.6 is 0 Å². The highest BCUT2D eigenvalue weighted by molar-refractivity contribution is 5.52. The third-order valence-corrected chi connectivity index (χ3v) is 3.76. The van der Waals surface area contributed by atoms with Gasteiger partial charge in [0, 0.05) is 24.8 Å². The first-order chi connectivity index (χ1) is 10.2. The lowest BCUT2D eigenvalue weighted by atomic mass is 10.2. The summed E-state index contributed by atoms with van der Waals surface area (Å²) in [6, 6.07) is 8.24. The van der Waals surface area contributed by atoms with Crippen molar-refractivity contribution in [3.8, 4) is 5.75 Å². The predicted molar refractivity (Wildman–Crippen MR) is 83.1 cm³/mol. The Kier molecular flexibility index (Phi) is 4.46. The van der Waals surface area contributed by atoms with E-state index in [1.165, 1.54) is 5.57 Å². The number of anilines is 1. The highest BCUT2D eigenvalue weighted by atomic mass is 16.6. The molecule has 0 amide bonds. The molecule has 4 heteroatoms. The number of nitrogens with zero attached hydrogens (tertiary/aromatic N) is 1. The molecule has 0 bridgehead atoms. The van der Waals surface area contributed by atoms with Crippen LogP contribution in [0.5, 0.6) is 5.75 Å². The van der Waals surface area contributed by atoms with Gasteiger partial charge in [0.1, 0.15) is 18.5 Å². The van der Waals surface area contributed by atoms with Crippen molar-refractivity contribution < 1.29 is 14.2 Å². The van der Waals surface area contributed by atoms with Crippen LogP contribution in [0.25, 0.3) is 0 Å². The van der Waals surface area contributed by atoms with Crippen molar-refractivity contribution in [3.05, 3.63) is 36.4 Å². The molecule has 1 aromatic rings. The van der Waals surface area contributed by atoms with Crippen LogP contribution < -0.4 is 9.64 Å². The maximum absolute atomic E-state index is 5.77. The van der Waals surface area contributed by atoms with Gasteiger partial charge in [-0.25, -0.2) is 0 Å². The van der Waals surface area contributed by atoms with Crippen LogP contribution in [0.3, 0.4) is 0 Å². The molecular formula is C17H23NO3. The molecule has 0 aromatic heterocycles. The maximum Gasteiger partial charge on any atom is 0.121 e. The molecule has 2 saturated heterocycles. The van der Waals surface area contributed by atoms with Crippen LogP contribution in [-0.2, 0) is 9.47 Å². The molecule has 21 heavy (non-hydrogen) atoms. The Balaban J connectivity index is 1.66. The van der Waals surface area contributed by atoms with Gasteiger partial charge in [0.25, 0.3) is 0 Å². The number of hydrogen-bond acceptors (Lipinski definition) is 4. The van der Waals surface area contributed by atoms with Crippen LogP contribution in [0.2, 0.25) is 0 Å². The molecule has 2 heterocycles. The lowest BCUT2D eigenvalue weighted by Gasteiger charge is -2.25. The summed E-state index contributed by atoms with van der Waals surface area (Å²) in [5.41, 5.74) is 2.39. The zero-order valence-corrected chi connectivity index (χ0v) is 12.6. The normalized spacial score (nSPS) is 22.7. The Morgan fingerprint density at radius 2 is 2.10 bits per heavy atom. The SMILES string of the molecule is C=C(CC)CN(CC1CO1)c1cccc(OCC2CO2)c1. The molecule has 2 fully saturated rings. The molecule has 0 radical (unpaired) electrons. The van der Waals surface area contributed by atoms with E-state index in [-0.39, 0.29) is 6.10 Å². The van der Waals surface area contributed by atoms with E-state index in [0.29, 0.717) is 12.7 Å². The quantitative estimate of drug-likeness (QED) is 0.517. The van der Waals surface area contributed by atoms with E-state index in [9.17, 15) is 0 Å². The fourth-order valence-electron chi connectivity index (χ4n) is 2.19. The Hall–Kier alpha value is -1.52. The first-order valence-corrected chi connectivity index (χ1v) is 7.62. The second-order valence-electron chi connectivity index (χ2n) is 5.70. The maximum atomic E-state index is 5.77. The molecule has 0 saturated carbocycles. The van der Waals surface area contributed by atoms with E-state index < -0.39 is 0 Å². The minimum atomic E-state index is 0.282. The Bertz CT molecular complexity index is 495. The molecule has 4 nitrogen and oxygen atoms in total. The fourth-order valence-corrected chi connectivity index (χ4v) is 2.19. The zero-order valence-electron chi connectivity index (χ0n) is 12.6. The third kappa shape index (κ3) is 4.48. The Morgan fingerprint density at radius 1 is 1.33 bits per heavy atom. The molecule has 0 spiro atoms. The summed E-state index contributed by atoms with van der Waals surface area (Å²) in [6.45, 7) is 10.4. The van der Waals surface area contributed by atoms with E-state index in [2.05, 4.69) is 30.5 Å². The number of epoxide rings is 2. The lowest BCUT2D eigenvalue weighted by molar-refractivity contribution is 0.263. The number of rotatable bonds is 9. The third-order valence-electron chi connectivity index (χ3n) is 3.76. The van der Waals surface area contributed by atoms with Crippen LogP contribution in [0.4, 0.5) is 5.69 Å². The van der Waals surface area contributed by atoms with Crippen molar-refractivity contribution in [1.82, 2.24) is 0 Å². The molecule has 2 aliphatic rings. The topological polar surface area (TPSA) is 37.5 Å². The minimum Gasteiger partial charge on any atom is -0.491 e. The summed E-state index contributed by atoms with van der Waals surface area (Å²) in [4.78, 5) is 2.32. The second kappa shape index (κ2) is 6.50. The zero-order chi connectivity index (χ0) is 14.7. The molecule has 2 atom stereocenters. The van der Waals surface area contributed by atoms with Crippen LogP contribution in [0.1, 0.15) is 13.3 Å². The summed E-state index contributed by atoms with van der Waals surface area (Å²) in [7, 11) is 0. The van der Waals surface area contributed by atoms with Crippen molar-refractivity contribution >= 4 is 5.69 Å². The van der Waals surface area contributed by atoms with Gasteiger partial charge in [0.05, 0.1) is 19.3 Å². The minimum absolute atomic E-state index is 0.282. The molecule has 2 aliphatic heterocycles. The van der Waals surface area contributed by atoms with Gasteiger partial charge in [-0.1, -0.05) is 25.1 Å². The van der Waals surface area contributed by atoms with Gasteiger partial charge >= 0.3 is 0 Å². The van der Waals surface area contributed by atoms with Crippen molar-refractivity contribution in [1.29, 1.82) is 0 Å². The van der Waals surface area contributed by atoms with Gasteiger partial charge in [-0.05, 0) is 18.6 Å². The highest BCUT2D eigenvalue weighted by Crippen LogP contribution is 2.25. The van der Waals surface area contributed by atoms with E-state index in [1.807, 2.05) is 12.1 Å². The van der Waals surface area contributed by atoms with Gasteiger partial charge in [0.2, 0.25) is 0 Å².